The first kappa shape index (κ1) is 14.9. The molecule has 5 heteroatoms. The van der Waals surface area contributed by atoms with E-state index in [0.717, 1.165) is 20.6 Å². The first-order valence-electron chi connectivity index (χ1n) is 5.69. The quantitative estimate of drug-likeness (QED) is 0.408. The topological polar surface area (TPSA) is 22.0 Å². The molecule has 0 aliphatic heterocycles. The lowest BCUT2D eigenvalue weighted by Crippen LogP contribution is -2.05. The van der Waals surface area contributed by atoms with Crippen molar-refractivity contribution >= 4 is 51.6 Å². The summed E-state index contributed by atoms with van der Waals surface area (Å²) >= 11 is 13.9. The van der Waals surface area contributed by atoms with E-state index in [1.165, 1.54) is 0 Å². The molecule has 0 aliphatic carbocycles. The summed E-state index contributed by atoms with van der Waals surface area (Å²) in [5.74, 6) is -0.0489. The van der Waals surface area contributed by atoms with Gasteiger partial charge in [0.05, 0.1) is 11.6 Å². The first-order valence-corrected chi connectivity index (χ1v) is 7.68. The van der Waals surface area contributed by atoms with Crippen LogP contribution in [0.5, 0.6) is 0 Å². The Morgan fingerprint density at radius 2 is 2.00 bits per heavy atom. The van der Waals surface area contributed by atoms with E-state index < -0.39 is 0 Å². The van der Waals surface area contributed by atoms with Gasteiger partial charge in [-0.25, -0.2) is 0 Å². The van der Waals surface area contributed by atoms with Crippen LogP contribution >= 0.6 is 45.8 Å². The fourth-order valence-corrected chi connectivity index (χ4v) is 3.41. The maximum absolute atomic E-state index is 11.8. The van der Waals surface area contributed by atoms with Crippen LogP contribution < -0.4 is 0 Å². The molecular formula is C14H12Cl2INO. The van der Waals surface area contributed by atoms with Crippen molar-refractivity contribution in [3.8, 4) is 5.69 Å². The predicted octanol–water partition coefficient (Wildman–Crippen LogP) is 4.77. The number of aromatic nitrogens is 1. The molecular weight excluding hydrogens is 396 g/mol. The molecule has 0 unspecified atom stereocenters. The van der Waals surface area contributed by atoms with E-state index in [9.17, 15) is 4.79 Å². The lowest BCUT2D eigenvalue weighted by Gasteiger charge is -2.12. The highest BCUT2D eigenvalue weighted by Gasteiger charge is 2.17. The summed E-state index contributed by atoms with van der Waals surface area (Å²) in [6, 6.07) is 7.59. The Hall–Kier alpha value is -0.520. The highest BCUT2D eigenvalue weighted by molar-refractivity contribution is 14.1. The largest absolute Gasteiger partial charge is 0.317 e. The molecule has 0 radical (unpaired) electrons. The second-order valence-corrected chi connectivity index (χ2v) is 6.14. The average Bonchev–Trinajstić information content (AvgIpc) is 2.65. The van der Waals surface area contributed by atoms with E-state index in [2.05, 4.69) is 27.2 Å². The fourth-order valence-electron chi connectivity index (χ4n) is 2.15. The summed E-state index contributed by atoms with van der Waals surface area (Å²) in [7, 11) is 0. The molecule has 0 atom stereocenters. The van der Waals surface area contributed by atoms with Gasteiger partial charge in [0.25, 0.3) is 0 Å². The maximum atomic E-state index is 11.8. The summed E-state index contributed by atoms with van der Waals surface area (Å²) < 4.78 is 3.09. The van der Waals surface area contributed by atoms with Gasteiger partial charge in [-0.2, -0.15) is 0 Å². The summed E-state index contributed by atoms with van der Waals surface area (Å²) in [4.78, 5) is 11.8. The molecule has 2 aromatic rings. The van der Waals surface area contributed by atoms with Crippen LogP contribution in [0, 0.1) is 17.4 Å². The van der Waals surface area contributed by atoms with E-state index >= 15 is 0 Å². The number of hydrogen-bond donors (Lipinski definition) is 0. The Bertz CT molecular complexity index is 649. The Labute approximate surface area is 135 Å². The molecule has 2 nitrogen and oxygen atoms in total. The van der Waals surface area contributed by atoms with Crippen LogP contribution in [0.1, 0.15) is 21.7 Å². The molecule has 0 aliphatic rings. The van der Waals surface area contributed by atoms with Crippen molar-refractivity contribution in [2.24, 2.45) is 0 Å². The van der Waals surface area contributed by atoms with Gasteiger partial charge in [-0.05, 0) is 60.7 Å². The lowest BCUT2D eigenvalue weighted by atomic mass is 10.2. The zero-order valence-electron chi connectivity index (χ0n) is 10.5. The molecule has 1 heterocycles. The lowest BCUT2D eigenvalue weighted by molar-refractivity contribution is 0.102. The summed E-state index contributed by atoms with van der Waals surface area (Å²) in [5.41, 5.74) is 3.61. The minimum absolute atomic E-state index is 0.00199. The third kappa shape index (κ3) is 2.83. The van der Waals surface area contributed by atoms with Gasteiger partial charge in [-0.15, -0.1) is 11.6 Å². The van der Waals surface area contributed by atoms with Crippen molar-refractivity contribution in [3.05, 3.63) is 49.8 Å². The van der Waals surface area contributed by atoms with E-state index in [-0.39, 0.29) is 11.7 Å². The molecule has 0 bridgehead atoms. The molecule has 1 aromatic heterocycles. The predicted molar refractivity (Wildman–Crippen MR) is 88.0 cm³/mol. The van der Waals surface area contributed by atoms with Crippen LogP contribution in [0.25, 0.3) is 5.69 Å². The third-order valence-corrected chi connectivity index (χ3v) is 4.35. The molecule has 0 saturated carbocycles. The number of Topliss-reactive ketones (excluding diaryl/α,β-unsaturated/α-hetero) is 1. The second-order valence-electron chi connectivity index (χ2n) is 4.27. The van der Waals surface area contributed by atoms with Gasteiger partial charge in [0.1, 0.15) is 0 Å². The Kier molecular flexibility index (Phi) is 4.58. The van der Waals surface area contributed by atoms with Crippen LogP contribution in [0.2, 0.25) is 5.02 Å². The minimum Gasteiger partial charge on any atom is -0.317 e. The van der Waals surface area contributed by atoms with Gasteiger partial charge >= 0.3 is 0 Å². The van der Waals surface area contributed by atoms with Gasteiger partial charge in [0.2, 0.25) is 0 Å². The number of nitrogens with zero attached hydrogens (tertiary/aromatic N) is 1. The van der Waals surface area contributed by atoms with Crippen molar-refractivity contribution in [3.63, 3.8) is 0 Å². The molecule has 0 amide bonds. The number of halogens is 3. The summed E-state index contributed by atoms with van der Waals surface area (Å²) in [5, 5.41) is 0.702. The Morgan fingerprint density at radius 3 is 2.58 bits per heavy atom. The number of alkyl halides is 1. The van der Waals surface area contributed by atoms with Crippen LogP contribution in [-0.4, -0.2) is 16.2 Å². The normalized spacial score (nSPS) is 10.8. The minimum atomic E-state index is -0.0509. The number of carbonyl (C=O) groups excluding carboxylic acids is 1. The van der Waals surface area contributed by atoms with Gasteiger partial charge < -0.3 is 4.57 Å². The zero-order chi connectivity index (χ0) is 14.2. The molecule has 1 aromatic carbocycles. The number of hydrogen-bond acceptors (Lipinski definition) is 1. The van der Waals surface area contributed by atoms with Crippen LogP contribution in [0.4, 0.5) is 0 Å². The summed E-state index contributed by atoms with van der Waals surface area (Å²) in [6.07, 6.45) is 0. The van der Waals surface area contributed by atoms with E-state index in [0.29, 0.717) is 10.6 Å². The van der Waals surface area contributed by atoms with Gasteiger partial charge in [-0.1, -0.05) is 11.6 Å². The third-order valence-electron chi connectivity index (χ3n) is 3.00. The van der Waals surface area contributed by atoms with Crippen LogP contribution in [0.3, 0.4) is 0 Å². The van der Waals surface area contributed by atoms with Crippen molar-refractivity contribution in [2.45, 2.75) is 13.8 Å². The number of carbonyl (C=O) groups is 1. The molecule has 19 heavy (non-hydrogen) atoms. The smallest absolute Gasteiger partial charge is 0.179 e. The zero-order valence-corrected chi connectivity index (χ0v) is 14.2. The molecule has 2 rings (SSSR count). The van der Waals surface area contributed by atoms with E-state index in [1.807, 2.05) is 38.1 Å². The van der Waals surface area contributed by atoms with Crippen molar-refractivity contribution in [1.29, 1.82) is 0 Å². The second kappa shape index (κ2) is 5.85. The maximum Gasteiger partial charge on any atom is 0.179 e. The number of benzene rings is 1. The van der Waals surface area contributed by atoms with Crippen LogP contribution in [-0.2, 0) is 0 Å². The number of ketones is 1. The highest BCUT2D eigenvalue weighted by atomic mass is 127. The SMILES string of the molecule is Cc1cc(C(=O)CCl)c(C)n1-c1ccc(Cl)cc1I. The number of aryl methyl sites for hydroxylation is 1. The Morgan fingerprint density at radius 1 is 1.32 bits per heavy atom. The molecule has 0 saturated heterocycles. The van der Waals surface area contributed by atoms with Crippen molar-refractivity contribution in [1.82, 2.24) is 4.57 Å². The van der Waals surface area contributed by atoms with Gasteiger partial charge in [0.15, 0.2) is 5.78 Å². The average molecular weight is 408 g/mol. The van der Waals surface area contributed by atoms with E-state index in [4.69, 9.17) is 23.2 Å². The standard InChI is InChI=1S/C14H12Cl2INO/c1-8-5-11(14(19)7-15)9(2)18(8)13-4-3-10(16)6-12(13)17/h3-6H,7H2,1-2H3. The molecule has 0 spiro atoms. The van der Waals surface area contributed by atoms with Crippen molar-refractivity contribution in [2.75, 3.05) is 5.88 Å². The van der Waals surface area contributed by atoms with Crippen LogP contribution in [0.15, 0.2) is 24.3 Å². The van der Waals surface area contributed by atoms with E-state index in [1.54, 1.807) is 0 Å². The number of rotatable bonds is 3. The van der Waals surface area contributed by atoms with Crippen molar-refractivity contribution < 1.29 is 4.79 Å². The Balaban J connectivity index is 2.63. The van der Waals surface area contributed by atoms with Gasteiger partial charge in [-0.3, -0.25) is 4.79 Å². The molecule has 100 valence electrons. The fraction of sp³-hybridized carbons (Fsp3) is 0.214. The molecule has 0 fully saturated rings. The monoisotopic (exact) mass is 407 g/mol. The first-order chi connectivity index (χ1) is 8.95. The molecule has 0 N–H and O–H groups in total. The van der Waals surface area contributed by atoms with Gasteiger partial charge in [0, 0.05) is 25.5 Å². The highest BCUT2D eigenvalue weighted by Crippen LogP contribution is 2.27. The summed E-state index contributed by atoms with van der Waals surface area (Å²) in [6.45, 7) is 3.90.